The Kier molecular flexibility index (Phi) is 6.30. The van der Waals surface area contributed by atoms with Gasteiger partial charge in [0.25, 0.3) is 5.91 Å². The molecule has 0 aliphatic heterocycles. The number of hydrogen-bond donors (Lipinski definition) is 2. The summed E-state index contributed by atoms with van der Waals surface area (Å²) in [6.07, 6.45) is 5.48. The largest absolute Gasteiger partial charge is 0.496 e. The van der Waals surface area contributed by atoms with Crippen LogP contribution in [0.25, 0.3) is 0 Å². The Balaban J connectivity index is 1.49. The molecule has 0 spiro atoms. The maximum atomic E-state index is 12.1. The van der Waals surface area contributed by atoms with Crippen molar-refractivity contribution in [3.8, 4) is 5.75 Å². The number of aromatic nitrogens is 3. The highest BCUT2D eigenvalue weighted by molar-refractivity contribution is 5.93. The van der Waals surface area contributed by atoms with Gasteiger partial charge in [-0.25, -0.2) is 9.97 Å². The van der Waals surface area contributed by atoms with Crippen LogP contribution in [0.1, 0.15) is 21.6 Å². The third-order valence-corrected chi connectivity index (χ3v) is 3.94. The van der Waals surface area contributed by atoms with Crippen molar-refractivity contribution in [2.45, 2.75) is 13.0 Å². The van der Waals surface area contributed by atoms with Crippen molar-refractivity contribution in [2.24, 2.45) is 0 Å². The van der Waals surface area contributed by atoms with Crippen LogP contribution in [0.5, 0.6) is 5.75 Å². The first-order valence-corrected chi connectivity index (χ1v) is 8.62. The van der Waals surface area contributed by atoms with Crippen molar-refractivity contribution >= 4 is 11.9 Å². The lowest BCUT2D eigenvalue weighted by Crippen LogP contribution is -2.23. The van der Waals surface area contributed by atoms with Gasteiger partial charge in [-0.3, -0.25) is 9.78 Å². The highest BCUT2D eigenvalue weighted by Gasteiger charge is 2.07. The molecule has 3 aromatic rings. The molecule has 0 aliphatic carbocycles. The van der Waals surface area contributed by atoms with E-state index in [-0.39, 0.29) is 5.91 Å². The van der Waals surface area contributed by atoms with E-state index in [1.807, 2.05) is 42.5 Å². The molecule has 138 valence electrons. The van der Waals surface area contributed by atoms with E-state index in [2.05, 4.69) is 25.6 Å². The molecule has 0 saturated heterocycles. The van der Waals surface area contributed by atoms with Crippen LogP contribution in [0, 0.1) is 0 Å². The molecule has 0 radical (unpaired) electrons. The second kappa shape index (κ2) is 9.28. The minimum Gasteiger partial charge on any atom is -0.496 e. The summed E-state index contributed by atoms with van der Waals surface area (Å²) in [6, 6.07) is 13.4. The second-order valence-corrected chi connectivity index (χ2v) is 5.79. The van der Waals surface area contributed by atoms with E-state index in [0.29, 0.717) is 24.6 Å². The molecule has 0 bridgehead atoms. The fourth-order valence-corrected chi connectivity index (χ4v) is 2.53. The summed E-state index contributed by atoms with van der Waals surface area (Å²) in [5.74, 6) is 1.10. The lowest BCUT2D eigenvalue weighted by Gasteiger charge is -2.09. The fraction of sp³-hybridized carbons (Fsp3) is 0.200. The van der Waals surface area contributed by atoms with Gasteiger partial charge in [0.15, 0.2) is 0 Å². The average molecular weight is 363 g/mol. The Morgan fingerprint density at radius 3 is 2.56 bits per heavy atom. The monoisotopic (exact) mass is 363 g/mol. The predicted octanol–water partition coefficient (Wildman–Crippen LogP) is 2.46. The Morgan fingerprint density at radius 2 is 1.81 bits per heavy atom. The van der Waals surface area contributed by atoms with Gasteiger partial charge in [-0.05, 0) is 30.2 Å². The van der Waals surface area contributed by atoms with E-state index >= 15 is 0 Å². The van der Waals surface area contributed by atoms with Gasteiger partial charge in [-0.15, -0.1) is 0 Å². The van der Waals surface area contributed by atoms with Crippen molar-refractivity contribution < 1.29 is 9.53 Å². The molecule has 7 heteroatoms. The molecule has 1 aromatic carbocycles. The van der Waals surface area contributed by atoms with Crippen LogP contribution >= 0.6 is 0 Å². The number of methoxy groups -OCH3 is 1. The highest BCUT2D eigenvalue weighted by Crippen LogP contribution is 2.17. The summed E-state index contributed by atoms with van der Waals surface area (Å²) in [7, 11) is 1.66. The number of anilines is 1. The summed E-state index contributed by atoms with van der Waals surface area (Å²) in [5.41, 5.74) is 2.31. The van der Waals surface area contributed by atoms with Gasteiger partial charge >= 0.3 is 0 Å². The molecule has 0 aliphatic rings. The number of benzene rings is 1. The maximum absolute atomic E-state index is 12.1. The topological polar surface area (TPSA) is 89.0 Å². The number of nitrogens with zero attached hydrogens (tertiary/aromatic N) is 3. The SMILES string of the molecule is COc1ccccc1CCNc1ncc(C(=O)NCc2ccccn2)cn1. The number of ether oxygens (including phenoxy) is 1. The molecule has 7 nitrogen and oxygen atoms in total. The molecular formula is C20H21N5O2. The minimum atomic E-state index is -0.235. The molecule has 0 fully saturated rings. The first kappa shape index (κ1) is 18.3. The lowest BCUT2D eigenvalue weighted by atomic mass is 10.1. The molecule has 2 heterocycles. The Labute approximate surface area is 157 Å². The van der Waals surface area contributed by atoms with Gasteiger partial charge in [-0.1, -0.05) is 24.3 Å². The Hall–Kier alpha value is -3.48. The average Bonchev–Trinajstić information content (AvgIpc) is 2.73. The third-order valence-electron chi connectivity index (χ3n) is 3.94. The molecule has 2 aromatic heterocycles. The lowest BCUT2D eigenvalue weighted by molar-refractivity contribution is 0.0949. The Morgan fingerprint density at radius 1 is 1.04 bits per heavy atom. The summed E-state index contributed by atoms with van der Waals surface area (Å²) >= 11 is 0. The molecule has 27 heavy (non-hydrogen) atoms. The van der Waals surface area contributed by atoms with Gasteiger partial charge in [0.05, 0.1) is 24.9 Å². The van der Waals surface area contributed by atoms with Crippen LogP contribution in [0.15, 0.2) is 61.1 Å². The van der Waals surface area contributed by atoms with Crippen LogP contribution in [-0.4, -0.2) is 34.5 Å². The van der Waals surface area contributed by atoms with Crippen LogP contribution in [0.3, 0.4) is 0 Å². The van der Waals surface area contributed by atoms with Crippen LogP contribution in [0.2, 0.25) is 0 Å². The molecular weight excluding hydrogens is 342 g/mol. The molecule has 3 rings (SSSR count). The van der Waals surface area contributed by atoms with Crippen molar-refractivity contribution in [3.63, 3.8) is 0 Å². The van der Waals surface area contributed by atoms with Crippen molar-refractivity contribution in [1.82, 2.24) is 20.3 Å². The van der Waals surface area contributed by atoms with Crippen LogP contribution < -0.4 is 15.4 Å². The number of hydrogen-bond acceptors (Lipinski definition) is 6. The quantitative estimate of drug-likeness (QED) is 0.639. The van der Waals surface area contributed by atoms with Gasteiger partial charge in [-0.2, -0.15) is 0 Å². The second-order valence-electron chi connectivity index (χ2n) is 5.79. The van der Waals surface area contributed by atoms with E-state index in [0.717, 1.165) is 23.4 Å². The molecule has 2 N–H and O–H groups in total. The molecule has 0 saturated carbocycles. The minimum absolute atomic E-state index is 0.235. The van der Waals surface area contributed by atoms with E-state index < -0.39 is 0 Å². The van der Waals surface area contributed by atoms with Gasteiger partial charge in [0, 0.05) is 25.1 Å². The van der Waals surface area contributed by atoms with Crippen molar-refractivity contribution in [2.75, 3.05) is 19.0 Å². The Bertz CT molecular complexity index is 869. The maximum Gasteiger partial charge on any atom is 0.254 e. The zero-order valence-corrected chi connectivity index (χ0v) is 15.1. The number of rotatable bonds is 8. The summed E-state index contributed by atoms with van der Waals surface area (Å²) < 4.78 is 5.34. The fourth-order valence-electron chi connectivity index (χ4n) is 2.53. The number of carbonyl (C=O) groups excluding carboxylic acids is 1. The van der Waals surface area contributed by atoms with Crippen LogP contribution in [0.4, 0.5) is 5.95 Å². The molecule has 1 amide bonds. The summed E-state index contributed by atoms with van der Waals surface area (Å²) in [6.45, 7) is 1.02. The third kappa shape index (κ3) is 5.24. The van der Waals surface area contributed by atoms with Gasteiger partial charge in [0.2, 0.25) is 5.95 Å². The molecule has 0 unspecified atom stereocenters. The number of nitrogens with one attached hydrogen (secondary N) is 2. The zero-order valence-electron chi connectivity index (χ0n) is 15.1. The van der Waals surface area contributed by atoms with Gasteiger partial charge in [0.1, 0.15) is 5.75 Å². The number of pyridine rings is 1. The standard InChI is InChI=1S/C20H21N5O2/c1-27-18-8-3-2-6-15(18)9-11-22-20-24-12-16(13-25-20)19(26)23-14-17-7-4-5-10-21-17/h2-8,10,12-13H,9,11,14H2,1H3,(H,23,26)(H,22,24,25). The van der Waals surface area contributed by atoms with E-state index in [1.54, 1.807) is 13.3 Å². The van der Waals surface area contributed by atoms with Crippen molar-refractivity contribution in [1.29, 1.82) is 0 Å². The number of carbonyl (C=O) groups is 1. The van der Waals surface area contributed by atoms with Crippen LogP contribution in [-0.2, 0) is 13.0 Å². The summed E-state index contributed by atoms with van der Waals surface area (Å²) in [4.78, 5) is 24.7. The number of amides is 1. The first-order chi connectivity index (χ1) is 13.3. The van der Waals surface area contributed by atoms with E-state index in [1.165, 1.54) is 12.4 Å². The van der Waals surface area contributed by atoms with Gasteiger partial charge < -0.3 is 15.4 Å². The normalized spacial score (nSPS) is 10.3. The van der Waals surface area contributed by atoms with Crippen molar-refractivity contribution in [3.05, 3.63) is 77.9 Å². The van der Waals surface area contributed by atoms with E-state index in [4.69, 9.17) is 4.74 Å². The zero-order chi connectivity index (χ0) is 18.9. The smallest absolute Gasteiger partial charge is 0.254 e. The first-order valence-electron chi connectivity index (χ1n) is 8.62. The van der Waals surface area contributed by atoms with E-state index in [9.17, 15) is 4.79 Å². The predicted molar refractivity (Wildman–Crippen MR) is 103 cm³/mol. The number of para-hydroxylation sites is 1. The summed E-state index contributed by atoms with van der Waals surface area (Å²) in [5, 5.41) is 5.95. The molecule has 0 atom stereocenters. The highest BCUT2D eigenvalue weighted by atomic mass is 16.5.